The maximum absolute atomic E-state index is 12.8. The number of methoxy groups -OCH3 is 1. The van der Waals surface area contributed by atoms with Crippen LogP contribution in [0.2, 0.25) is 0 Å². The number of halogens is 1. The second kappa shape index (κ2) is 10.8. The molecule has 5 nitrogen and oxygen atoms in total. The fourth-order valence-corrected chi connectivity index (χ4v) is 3.33. The van der Waals surface area contributed by atoms with Gasteiger partial charge in [-0.3, -0.25) is 10.1 Å². The van der Waals surface area contributed by atoms with Crippen LogP contribution in [0.4, 0.5) is 5.69 Å². The zero-order valence-electron chi connectivity index (χ0n) is 16.4. The molecule has 3 rings (SSSR count). The molecule has 0 heterocycles. The van der Waals surface area contributed by atoms with Gasteiger partial charge in [-0.25, -0.2) is 0 Å². The average Bonchev–Trinajstić information content (AvgIpc) is 2.75. The van der Waals surface area contributed by atoms with Gasteiger partial charge in [0.05, 0.1) is 19.3 Å². The Bertz CT molecular complexity index is 1030. The number of anilines is 1. The second-order valence-corrected chi connectivity index (χ2v) is 7.69. The Hall–Kier alpha value is -2.90. The van der Waals surface area contributed by atoms with Crippen LogP contribution in [0.1, 0.15) is 15.9 Å². The maximum atomic E-state index is 12.8. The van der Waals surface area contributed by atoms with Crippen molar-refractivity contribution in [3.63, 3.8) is 0 Å². The van der Waals surface area contributed by atoms with Gasteiger partial charge >= 0.3 is 0 Å². The first-order valence-electron chi connectivity index (χ1n) is 9.28. The monoisotopic (exact) mass is 484 g/mol. The minimum absolute atomic E-state index is 0.184. The van der Waals surface area contributed by atoms with Crippen LogP contribution in [-0.4, -0.2) is 24.7 Å². The molecule has 3 aromatic carbocycles. The summed E-state index contributed by atoms with van der Waals surface area (Å²) in [7, 11) is 1.59. The number of carbonyl (C=O) groups is 1. The maximum Gasteiger partial charge on any atom is 0.261 e. The third kappa shape index (κ3) is 6.30. The van der Waals surface area contributed by atoms with Crippen LogP contribution in [-0.2, 0) is 6.42 Å². The predicted molar refractivity (Wildman–Crippen MR) is 126 cm³/mol. The summed E-state index contributed by atoms with van der Waals surface area (Å²) in [6.07, 6.45) is 0.744. The smallest absolute Gasteiger partial charge is 0.261 e. The molecule has 0 atom stereocenters. The topological polar surface area (TPSA) is 59.6 Å². The average molecular weight is 485 g/mol. The van der Waals surface area contributed by atoms with E-state index in [4.69, 9.17) is 21.7 Å². The van der Waals surface area contributed by atoms with E-state index in [1.54, 1.807) is 25.3 Å². The van der Waals surface area contributed by atoms with Crippen LogP contribution >= 0.6 is 28.1 Å². The number of benzene rings is 3. The van der Waals surface area contributed by atoms with E-state index in [9.17, 15) is 4.79 Å². The van der Waals surface area contributed by atoms with Gasteiger partial charge in [-0.1, -0.05) is 52.3 Å². The fourth-order valence-electron chi connectivity index (χ4n) is 2.76. The Morgan fingerprint density at radius 1 is 1.03 bits per heavy atom. The summed E-state index contributed by atoms with van der Waals surface area (Å²) in [5.74, 6) is 0.831. The third-order valence-corrected chi connectivity index (χ3v) is 4.93. The van der Waals surface area contributed by atoms with E-state index >= 15 is 0 Å². The number of thiocarbonyl (C=S) groups is 1. The molecule has 0 saturated heterocycles. The fraction of sp³-hybridized carbons (Fsp3) is 0.130. The molecule has 0 bridgehead atoms. The van der Waals surface area contributed by atoms with Gasteiger partial charge in [0.25, 0.3) is 5.91 Å². The minimum atomic E-state index is -0.355. The summed E-state index contributed by atoms with van der Waals surface area (Å²) in [6, 6.07) is 22.6. The Kier molecular flexibility index (Phi) is 7.82. The van der Waals surface area contributed by atoms with Crippen molar-refractivity contribution in [2.75, 3.05) is 19.0 Å². The summed E-state index contributed by atoms with van der Waals surface area (Å²) in [5.41, 5.74) is 2.28. The summed E-state index contributed by atoms with van der Waals surface area (Å²) in [6.45, 7) is 0.457. The Morgan fingerprint density at radius 3 is 2.60 bits per heavy atom. The van der Waals surface area contributed by atoms with Crippen LogP contribution in [0.3, 0.4) is 0 Å². The molecule has 2 N–H and O–H groups in total. The number of amides is 1. The molecule has 0 aliphatic heterocycles. The summed E-state index contributed by atoms with van der Waals surface area (Å²) in [4.78, 5) is 12.8. The van der Waals surface area contributed by atoms with Crippen molar-refractivity contribution in [2.24, 2.45) is 0 Å². The number of ether oxygens (including phenoxy) is 2. The second-order valence-electron chi connectivity index (χ2n) is 6.36. The molecule has 0 aliphatic carbocycles. The summed E-state index contributed by atoms with van der Waals surface area (Å²) >= 11 is 8.69. The van der Waals surface area contributed by atoms with Crippen molar-refractivity contribution in [3.8, 4) is 11.5 Å². The molecule has 0 aromatic heterocycles. The molecule has 3 aromatic rings. The van der Waals surface area contributed by atoms with Gasteiger partial charge in [-0.15, -0.1) is 0 Å². The normalized spacial score (nSPS) is 10.2. The Balaban J connectivity index is 1.64. The van der Waals surface area contributed by atoms with E-state index in [-0.39, 0.29) is 11.0 Å². The standard InChI is InChI=1S/C23H21BrN2O3S/c1-28-19-9-5-8-18(15-19)25-23(30)26-22(27)20-14-17(24)10-11-21(20)29-13-12-16-6-3-2-4-7-16/h2-11,14-15H,12-13H2,1H3,(H2,25,26,27,30). The molecule has 30 heavy (non-hydrogen) atoms. The molecular weight excluding hydrogens is 464 g/mol. The van der Waals surface area contributed by atoms with Crippen molar-refractivity contribution in [3.05, 3.63) is 88.4 Å². The van der Waals surface area contributed by atoms with E-state index in [0.717, 1.165) is 10.9 Å². The van der Waals surface area contributed by atoms with Crippen LogP contribution in [0.15, 0.2) is 77.3 Å². The highest BCUT2D eigenvalue weighted by atomic mass is 79.9. The van der Waals surface area contributed by atoms with E-state index < -0.39 is 0 Å². The lowest BCUT2D eigenvalue weighted by molar-refractivity contribution is 0.0973. The predicted octanol–water partition coefficient (Wildman–Crippen LogP) is 5.21. The van der Waals surface area contributed by atoms with Gasteiger partial charge in [0.1, 0.15) is 11.5 Å². The Labute approximate surface area is 189 Å². The highest BCUT2D eigenvalue weighted by Crippen LogP contribution is 2.24. The number of hydrogen-bond acceptors (Lipinski definition) is 4. The molecule has 154 valence electrons. The van der Waals surface area contributed by atoms with Gasteiger partial charge in [0.15, 0.2) is 5.11 Å². The summed E-state index contributed by atoms with van der Waals surface area (Å²) in [5, 5.41) is 5.86. The van der Waals surface area contributed by atoms with Crippen molar-refractivity contribution in [2.45, 2.75) is 6.42 Å². The molecular formula is C23H21BrN2O3S. The van der Waals surface area contributed by atoms with E-state index in [1.165, 1.54) is 5.56 Å². The molecule has 0 saturated carbocycles. The van der Waals surface area contributed by atoms with E-state index in [0.29, 0.717) is 29.4 Å². The number of hydrogen-bond donors (Lipinski definition) is 2. The molecule has 0 aliphatic rings. The highest BCUT2D eigenvalue weighted by Gasteiger charge is 2.15. The molecule has 0 spiro atoms. The Morgan fingerprint density at radius 2 is 1.83 bits per heavy atom. The minimum Gasteiger partial charge on any atom is -0.497 e. The van der Waals surface area contributed by atoms with Crippen molar-refractivity contribution < 1.29 is 14.3 Å². The zero-order valence-corrected chi connectivity index (χ0v) is 18.8. The van der Waals surface area contributed by atoms with Gasteiger partial charge in [0, 0.05) is 22.6 Å². The first-order valence-corrected chi connectivity index (χ1v) is 10.5. The lowest BCUT2D eigenvalue weighted by Gasteiger charge is -2.14. The van der Waals surface area contributed by atoms with Crippen LogP contribution in [0, 0.1) is 0 Å². The number of rotatable bonds is 7. The highest BCUT2D eigenvalue weighted by molar-refractivity contribution is 9.10. The molecule has 0 radical (unpaired) electrons. The molecule has 0 fully saturated rings. The van der Waals surface area contributed by atoms with Crippen LogP contribution in [0.25, 0.3) is 0 Å². The quantitative estimate of drug-likeness (QED) is 0.451. The van der Waals surface area contributed by atoms with E-state index in [2.05, 4.69) is 26.6 Å². The SMILES string of the molecule is COc1cccc(NC(=S)NC(=O)c2cc(Br)ccc2OCCc2ccccc2)c1. The molecule has 1 amide bonds. The third-order valence-electron chi connectivity index (χ3n) is 4.23. The lowest BCUT2D eigenvalue weighted by Crippen LogP contribution is -2.34. The van der Waals surface area contributed by atoms with E-state index in [1.807, 2.05) is 54.6 Å². The van der Waals surface area contributed by atoms with Crippen molar-refractivity contribution in [1.82, 2.24) is 5.32 Å². The summed E-state index contributed by atoms with van der Waals surface area (Å²) < 4.78 is 11.9. The molecule has 7 heteroatoms. The van der Waals surface area contributed by atoms with Crippen molar-refractivity contribution in [1.29, 1.82) is 0 Å². The van der Waals surface area contributed by atoms with Gasteiger partial charge in [0.2, 0.25) is 0 Å². The first-order chi connectivity index (χ1) is 14.5. The zero-order chi connectivity index (χ0) is 21.3. The lowest BCUT2D eigenvalue weighted by atomic mass is 10.1. The van der Waals surface area contributed by atoms with Crippen LogP contribution < -0.4 is 20.1 Å². The first kappa shape index (κ1) is 21.8. The number of carbonyl (C=O) groups excluding carboxylic acids is 1. The largest absolute Gasteiger partial charge is 0.497 e. The van der Waals surface area contributed by atoms with Crippen molar-refractivity contribution >= 4 is 44.9 Å². The van der Waals surface area contributed by atoms with Crippen LogP contribution in [0.5, 0.6) is 11.5 Å². The van der Waals surface area contributed by atoms with Gasteiger partial charge < -0.3 is 14.8 Å². The molecule has 0 unspecified atom stereocenters. The van der Waals surface area contributed by atoms with Gasteiger partial charge in [-0.2, -0.15) is 0 Å². The van der Waals surface area contributed by atoms with Gasteiger partial charge in [-0.05, 0) is 48.1 Å². The number of nitrogens with one attached hydrogen (secondary N) is 2.